The summed E-state index contributed by atoms with van der Waals surface area (Å²) in [4.78, 5) is 24.7. The van der Waals surface area contributed by atoms with E-state index in [1.165, 1.54) is 17.0 Å². The largest absolute Gasteiger partial charge is 0.489 e. The van der Waals surface area contributed by atoms with Gasteiger partial charge in [0.05, 0.1) is 22.7 Å². The summed E-state index contributed by atoms with van der Waals surface area (Å²) in [5.74, 6) is 0.485. The Hall–Kier alpha value is -2.51. The number of non-ortho nitro benzene ring substituents is 1. The summed E-state index contributed by atoms with van der Waals surface area (Å²) >= 11 is 0. The van der Waals surface area contributed by atoms with Crippen molar-refractivity contribution >= 4 is 17.5 Å². The van der Waals surface area contributed by atoms with E-state index in [1.807, 2.05) is 0 Å². The Bertz CT molecular complexity index is 576. The van der Waals surface area contributed by atoms with Gasteiger partial charge in [-0.05, 0) is 6.07 Å². The fraction of sp³-hybridized carbons (Fsp3) is 0.417. The van der Waals surface area contributed by atoms with Crippen LogP contribution >= 0.6 is 0 Å². The van der Waals surface area contributed by atoms with E-state index in [2.05, 4.69) is 4.90 Å². The molecule has 1 N–H and O–H groups in total. The van der Waals surface area contributed by atoms with Crippen LogP contribution in [0.3, 0.4) is 0 Å². The van der Waals surface area contributed by atoms with Crippen molar-refractivity contribution in [2.45, 2.75) is 6.04 Å². The van der Waals surface area contributed by atoms with Crippen LogP contribution in [0.4, 0.5) is 16.2 Å². The number of ether oxygens (including phenoxy) is 1. The summed E-state index contributed by atoms with van der Waals surface area (Å²) in [6, 6.07) is 4.47. The molecule has 1 saturated heterocycles. The Kier molecular flexibility index (Phi) is 2.85. The van der Waals surface area contributed by atoms with E-state index in [0.29, 0.717) is 32.0 Å². The Balaban J connectivity index is 1.87. The van der Waals surface area contributed by atoms with Gasteiger partial charge in [-0.15, -0.1) is 0 Å². The van der Waals surface area contributed by atoms with Crippen LogP contribution in [-0.4, -0.2) is 53.3 Å². The molecule has 20 heavy (non-hydrogen) atoms. The van der Waals surface area contributed by atoms with Gasteiger partial charge in [-0.3, -0.25) is 10.1 Å². The van der Waals surface area contributed by atoms with Crippen molar-refractivity contribution in [3.8, 4) is 5.75 Å². The van der Waals surface area contributed by atoms with Gasteiger partial charge in [0.15, 0.2) is 0 Å². The number of rotatable bonds is 1. The number of fused-ring (bicyclic) bond motifs is 3. The van der Waals surface area contributed by atoms with Gasteiger partial charge in [0.25, 0.3) is 5.69 Å². The van der Waals surface area contributed by atoms with E-state index in [1.54, 1.807) is 6.07 Å². The molecule has 2 heterocycles. The van der Waals surface area contributed by atoms with Gasteiger partial charge in [-0.1, -0.05) is 0 Å². The lowest BCUT2D eigenvalue weighted by molar-refractivity contribution is -0.384. The zero-order valence-corrected chi connectivity index (χ0v) is 10.6. The standard InChI is InChI=1S/C12H13N3O5/c16-12(17)13-3-4-14-9(6-13)7-20-11-5-8(15(18)19)1-2-10(11)14/h1-2,5,9H,3-4,6-7H2,(H,16,17). The maximum atomic E-state index is 11.0. The SMILES string of the molecule is O=C(O)N1CCN2c3ccc([N+](=O)[O-])cc3OCC2C1. The molecule has 0 bridgehead atoms. The molecule has 1 fully saturated rings. The van der Waals surface area contributed by atoms with E-state index in [0.717, 1.165) is 5.69 Å². The second kappa shape index (κ2) is 4.55. The molecule has 0 aromatic heterocycles. The van der Waals surface area contributed by atoms with Crippen LogP contribution < -0.4 is 9.64 Å². The van der Waals surface area contributed by atoms with E-state index >= 15 is 0 Å². The molecular weight excluding hydrogens is 266 g/mol. The zero-order chi connectivity index (χ0) is 14.3. The molecule has 1 amide bonds. The molecule has 1 unspecified atom stereocenters. The number of nitrogens with zero attached hydrogens (tertiary/aromatic N) is 3. The summed E-state index contributed by atoms with van der Waals surface area (Å²) < 4.78 is 5.55. The third-order valence-corrected chi connectivity index (χ3v) is 3.65. The summed E-state index contributed by atoms with van der Waals surface area (Å²) in [7, 11) is 0. The first kappa shape index (κ1) is 12.5. The Morgan fingerprint density at radius 3 is 2.95 bits per heavy atom. The highest BCUT2D eigenvalue weighted by Gasteiger charge is 2.35. The molecule has 1 aromatic carbocycles. The van der Waals surface area contributed by atoms with Crippen LogP contribution in [0.25, 0.3) is 0 Å². The van der Waals surface area contributed by atoms with Crippen LogP contribution in [0.2, 0.25) is 0 Å². The van der Waals surface area contributed by atoms with Gasteiger partial charge >= 0.3 is 6.09 Å². The monoisotopic (exact) mass is 279 g/mol. The van der Waals surface area contributed by atoms with Crippen LogP contribution in [0, 0.1) is 10.1 Å². The summed E-state index contributed by atoms with van der Waals surface area (Å²) in [5.41, 5.74) is 0.781. The molecular formula is C12H13N3O5. The van der Waals surface area contributed by atoms with Crippen LogP contribution in [-0.2, 0) is 0 Å². The van der Waals surface area contributed by atoms with E-state index in [-0.39, 0.29) is 11.7 Å². The first-order valence-corrected chi connectivity index (χ1v) is 6.22. The predicted octanol–water partition coefficient (Wildman–Crippen LogP) is 1.16. The Morgan fingerprint density at radius 2 is 2.25 bits per heavy atom. The van der Waals surface area contributed by atoms with Crippen molar-refractivity contribution < 1.29 is 19.6 Å². The molecule has 0 aliphatic carbocycles. The molecule has 1 atom stereocenters. The molecule has 0 radical (unpaired) electrons. The Morgan fingerprint density at radius 1 is 1.45 bits per heavy atom. The minimum absolute atomic E-state index is 0.00799. The highest BCUT2D eigenvalue weighted by atomic mass is 16.6. The third kappa shape index (κ3) is 1.98. The maximum Gasteiger partial charge on any atom is 0.407 e. The summed E-state index contributed by atoms with van der Waals surface area (Å²) in [5, 5.41) is 19.8. The van der Waals surface area contributed by atoms with Gasteiger partial charge in [0.2, 0.25) is 0 Å². The molecule has 2 aliphatic heterocycles. The summed E-state index contributed by atoms with van der Waals surface area (Å²) in [6.45, 7) is 1.69. The lowest BCUT2D eigenvalue weighted by atomic mass is 10.1. The number of benzene rings is 1. The average Bonchev–Trinajstić information content (AvgIpc) is 2.45. The van der Waals surface area contributed by atoms with E-state index in [9.17, 15) is 14.9 Å². The number of carboxylic acid groups (broad SMARTS) is 1. The molecule has 3 rings (SSSR count). The van der Waals surface area contributed by atoms with Gasteiger partial charge in [0.1, 0.15) is 12.4 Å². The predicted molar refractivity (Wildman–Crippen MR) is 69.3 cm³/mol. The molecule has 8 heteroatoms. The van der Waals surface area contributed by atoms with Gasteiger partial charge in [-0.25, -0.2) is 4.79 Å². The second-order valence-electron chi connectivity index (χ2n) is 4.80. The molecule has 2 aliphatic rings. The number of amides is 1. The van der Waals surface area contributed by atoms with Gasteiger partial charge < -0.3 is 19.6 Å². The molecule has 0 spiro atoms. The number of nitro benzene ring substituents is 1. The van der Waals surface area contributed by atoms with E-state index < -0.39 is 11.0 Å². The average molecular weight is 279 g/mol. The van der Waals surface area contributed by atoms with Crippen LogP contribution in [0.15, 0.2) is 18.2 Å². The molecule has 106 valence electrons. The zero-order valence-electron chi connectivity index (χ0n) is 10.6. The lowest BCUT2D eigenvalue weighted by Crippen LogP contribution is -2.58. The van der Waals surface area contributed by atoms with E-state index in [4.69, 9.17) is 9.84 Å². The normalized spacial score (nSPS) is 20.7. The van der Waals surface area contributed by atoms with Crippen molar-refractivity contribution in [1.82, 2.24) is 4.90 Å². The number of nitro groups is 1. The van der Waals surface area contributed by atoms with Crippen molar-refractivity contribution in [1.29, 1.82) is 0 Å². The number of piperazine rings is 1. The van der Waals surface area contributed by atoms with Crippen molar-refractivity contribution in [3.05, 3.63) is 28.3 Å². The number of hydrogen-bond donors (Lipinski definition) is 1. The first-order chi connectivity index (χ1) is 9.56. The topological polar surface area (TPSA) is 96.2 Å². The van der Waals surface area contributed by atoms with Crippen molar-refractivity contribution in [2.75, 3.05) is 31.1 Å². The van der Waals surface area contributed by atoms with Crippen molar-refractivity contribution in [2.24, 2.45) is 0 Å². The van der Waals surface area contributed by atoms with Gasteiger partial charge in [0, 0.05) is 25.7 Å². The smallest absolute Gasteiger partial charge is 0.407 e. The highest BCUT2D eigenvalue weighted by Crippen LogP contribution is 2.37. The first-order valence-electron chi connectivity index (χ1n) is 6.22. The quantitative estimate of drug-likeness (QED) is 0.612. The third-order valence-electron chi connectivity index (χ3n) is 3.65. The highest BCUT2D eigenvalue weighted by molar-refractivity contribution is 5.68. The van der Waals surface area contributed by atoms with Crippen LogP contribution in [0.5, 0.6) is 5.75 Å². The molecule has 1 aromatic rings. The Labute approximate surface area is 114 Å². The minimum atomic E-state index is -0.931. The fourth-order valence-corrected chi connectivity index (χ4v) is 2.64. The lowest BCUT2D eigenvalue weighted by Gasteiger charge is -2.44. The molecule has 8 nitrogen and oxygen atoms in total. The van der Waals surface area contributed by atoms with Crippen molar-refractivity contribution in [3.63, 3.8) is 0 Å². The maximum absolute atomic E-state index is 11.0. The summed E-state index contributed by atoms with van der Waals surface area (Å²) in [6.07, 6.45) is -0.931. The minimum Gasteiger partial charge on any atom is -0.489 e. The number of anilines is 1. The number of hydrogen-bond acceptors (Lipinski definition) is 5. The second-order valence-corrected chi connectivity index (χ2v) is 4.80. The van der Waals surface area contributed by atoms with Gasteiger partial charge in [-0.2, -0.15) is 0 Å². The van der Waals surface area contributed by atoms with Crippen LogP contribution in [0.1, 0.15) is 0 Å². The number of carbonyl (C=O) groups is 1. The fourth-order valence-electron chi connectivity index (χ4n) is 2.64. The molecule has 0 saturated carbocycles.